The minimum atomic E-state index is -4.93. The molecular weight excluding hydrogens is 473 g/mol. The maximum atomic E-state index is 13.0. The summed E-state index contributed by atoms with van der Waals surface area (Å²) in [7, 11) is 0. The zero-order chi connectivity index (χ0) is 24.3. The van der Waals surface area contributed by atoms with E-state index in [0.717, 1.165) is 34.4 Å². The van der Waals surface area contributed by atoms with Crippen LogP contribution in [0.2, 0.25) is 5.02 Å². The van der Waals surface area contributed by atoms with Gasteiger partial charge in [-0.1, -0.05) is 18.5 Å². The van der Waals surface area contributed by atoms with Crippen molar-refractivity contribution in [3.63, 3.8) is 0 Å². The number of rotatable bonds is 9. The van der Waals surface area contributed by atoms with E-state index in [1.54, 1.807) is 6.07 Å². The number of carboxylic acid groups (broad SMARTS) is 1. The van der Waals surface area contributed by atoms with Crippen LogP contribution in [-0.2, 0) is 16.0 Å². The Labute approximate surface area is 190 Å². The predicted octanol–water partition coefficient (Wildman–Crippen LogP) is 4.48. The topological polar surface area (TPSA) is 105 Å². The molecular formula is C20H20ClF3N2O5S. The minimum Gasteiger partial charge on any atom is -0.480 e. The number of carboxylic acids is 1. The lowest BCUT2D eigenvalue weighted by molar-refractivity contribution is -0.274. The van der Waals surface area contributed by atoms with Crippen molar-refractivity contribution in [2.45, 2.75) is 39.1 Å². The fraction of sp³-hybridized carbons (Fsp3) is 0.350. The van der Waals surface area contributed by atoms with Gasteiger partial charge >= 0.3 is 12.3 Å². The Kier molecular flexibility index (Phi) is 7.92. The van der Waals surface area contributed by atoms with Gasteiger partial charge in [-0.2, -0.15) is 0 Å². The molecule has 3 N–H and O–H groups in total. The summed E-state index contributed by atoms with van der Waals surface area (Å²) in [5.41, 5.74) is -1.19. The van der Waals surface area contributed by atoms with Crippen LogP contribution in [-0.4, -0.2) is 41.2 Å². The van der Waals surface area contributed by atoms with Crippen LogP contribution in [0.15, 0.2) is 24.3 Å². The molecule has 2 rings (SSSR count). The molecule has 0 fully saturated rings. The smallest absolute Gasteiger partial charge is 0.480 e. The number of amides is 1. The number of ketones is 1. The number of hydrogen-bond acceptors (Lipinski definition) is 6. The van der Waals surface area contributed by atoms with E-state index in [1.807, 2.05) is 6.92 Å². The van der Waals surface area contributed by atoms with E-state index in [-0.39, 0.29) is 22.7 Å². The maximum absolute atomic E-state index is 13.0. The van der Waals surface area contributed by atoms with Crippen molar-refractivity contribution in [2.24, 2.45) is 0 Å². The average Bonchev–Trinajstić information content (AvgIpc) is 3.09. The Bertz CT molecular complexity index is 1040. The van der Waals surface area contributed by atoms with E-state index >= 15 is 0 Å². The first kappa shape index (κ1) is 25.6. The lowest BCUT2D eigenvalue weighted by Crippen LogP contribution is -2.49. The number of thiophene rings is 1. The number of hydrogen-bond donors (Lipinski definition) is 3. The number of anilines is 1. The number of aryl methyl sites for hydroxylation is 1. The largest absolute Gasteiger partial charge is 0.573 e. The van der Waals surface area contributed by atoms with Crippen LogP contribution in [0.5, 0.6) is 5.75 Å². The Hall–Kier alpha value is -2.63. The number of carbonyl (C=O) groups excluding carboxylic acids is 2. The third-order valence-corrected chi connectivity index (χ3v) is 5.76. The Balaban J connectivity index is 2.24. The summed E-state index contributed by atoms with van der Waals surface area (Å²) in [6.45, 7) is 4.33. The molecule has 12 heteroatoms. The number of halogens is 4. The Morgan fingerprint density at radius 1 is 1.19 bits per heavy atom. The molecule has 1 amide bonds. The molecule has 0 aliphatic rings. The van der Waals surface area contributed by atoms with Gasteiger partial charge in [-0.15, -0.1) is 24.5 Å². The van der Waals surface area contributed by atoms with E-state index in [0.29, 0.717) is 6.42 Å². The maximum Gasteiger partial charge on any atom is 0.573 e. The van der Waals surface area contributed by atoms with Gasteiger partial charge in [0, 0.05) is 10.4 Å². The summed E-state index contributed by atoms with van der Waals surface area (Å²) in [5, 5.41) is 14.1. The molecule has 1 heterocycles. The van der Waals surface area contributed by atoms with Gasteiger partial charge in [0.25, 0.3) is 0 Å². The van der Waals surface area contributed by atoms with E-state index in [2.05, 4.69) is 15.4 Å². The van der Waals surface area contributed by atoms with Gasteiger partial charge in [0.1, 0.15) is 16.3 Å². The third-order valence-electron chi connectivity index (χ3n) is 4.27. The van der Waals surface area contributed by atoms with Crippen LogP contribution in [0.25, 0.3) is 0 Å². The summed E-state index contributed by atoms with van der Waals surface area (Å²) < 4.78 is 41.0. The molecule has 0 radical (unpaired) electrons. The number of nitrogens with one attached hydrogen (secondary N) is 2. The highest BCUT2D eigenvalue weighted by Gasteiger charge is 2.32. The average molecular weight is 493 g/mol. The molecule has 7 nitrogen and oxygen atoms in total. The SMILES string of the molecule is CCc1cc(C(=O)c2ccc(OC(F)(F)F)c(Cl)c2)c(NC(=O)CNC(C)(C)C(=O)O)s1. The highest BCUT2D eigenvalue weighted by molar-refractivity contribution is 7.16. The van der Waals surface area contributed by atoms with Gasteiger partial charge < -0.3 is 15.2 Å². The lowest BCUT2D eigenvalue weighted by atomic mass is 10.0. The third kappa shape index (κ3) is 6.68. The summed E-state index contributed by atoms with van der Waals surface area (Å²) in [6, 6.07) is 4.70. The molecule has 1 aromatic heterocycles. The summed E-state index contributed by atoms with van der Waals surface area (Å²) >= 11 is 6.99. The highest BCUT2D eigenvalue weighted by atomic mass is 35.5. The van der Waals surface area contributed by atoms with Gasteiger partial charge in [0.15, 0.2) is 5.78 Å². The summed E-state index contributed by atoms with van der Waals surface area (Å²) in [5.74, 6) is -2.91. The molecule has 2 aromatic rings. The number of aliphatic carboxylic acids is 1. The summed E-state index contributed by atoms with van der Waals surface area (Å²) in [4.78, 5) is 37.2. The molecule has 174 valence electrons. The standard InChI is InChI=1S/C20H20ClF3N2O5S/c1-4-11-8-12(17(32-11)26-15(27)9-25-19(2,3)18(29)30)16(28)10-5-6-14(13(21)7-10)31-20(22,23)24/h5-8,25H,4,9H2,1-3H3,(H,26,27)(H,29,30). The first-order valence-corrected chi connectivity index (χ1v) is 10.4. The van der Waals surface area contributed by atoms with Crippen molar-refractivity contribution in [3.8, 4) is 5.75 Å². The van der Waals surface area contributed by atoms with Crippen LogP contribution in [0.4, 0.5) is 18.2 Å². The van der Waals surface area contributed by atoms with Crippen molar-refractivity contribution < 1.29 is 37.4 Å². The molecule has 0 aliphatic carbocycles. The number of carbonyl (C=O) groups is 3. The van der Waals surface area contributed by atoms with E-state index in [1.165, 1.54) is 13.8 Å². The molecule has 1 aromatic carbocycles. The van der Waals surface area contributed by atoms with Crippen LogP contribution < -0.4 is 15.4 Å². The second-order valence-electron chi connectivity index (χ2n) is 7.16. The van der Waals surface area contributed by atoms with Crippen molar-refractivity contribution >= 4 is 45.6 Å². The first-order chi connectivity index (χ1) is 14.7. The molecule has 0 unspecified atom stereocenters. The zero-order valence-corrected chi connectivity index (χ0v) is 18.8. The predicted molar refractivity (Wildman–Crippen MR) is 114 cm³/mol. The van der Waals surface area contributed by atoms with Gasteiger partial charge in [0.05, 0.1) is 17.1 Å². The van der Waals surface area contributed by atoms with Crippen molar-refractivity contribution in [1.82, 2.24) is 5.32 Å². The van der Waals surface area contributed by atoms with Crippen LogP contribution in [0.1, 0.15) is 41.6 Å². The van der Waals surface area contributed by atoms with Gasteiger partial charge in [-0.25, -0.2) is 0 Å². The highest BCUT2D eigenvalue weighted by Crippen LogP contribution is 2.34. The fourth-order valence-electron chi connectivity index (χ4n) is 2.43. The number of benzene rings is 1. The molecule has 0 saturated heterocycles. The quantitative estimate of drug-likeness (QED) is 0.446. The first-order valence-electron chi connectivity index (χ1n) is 9.24. The van der Waals surface area contributed by atoms with Gasteiger partial charge in [-0.05, 0) is 44.5 Å². The van der Waals surface area contributed by atoms with Crippen LogP contribution >= 0.6 is 22.9 Å². The second kappa shape index (κ2) is 9.88. The lowest BCUT2D eigenvalue weighted by Gasteiger charge is -2.20. The molecule has 32 heavy (non-hydrogen) atoms. The minimum absolute atomic E-state index is 0.00520. The number of ether oxygens (including phenoxy) is 1. The Morgan fingerprint density at radius 2 is 1.84 bits per heavy atom. The van der Waals surface area contributed by atoms with E-state index in [9.17, 15) is 27.6 Å². The molecule has 0 bridgehead atoms. The van der Waals surface area contributed by atoms with Gasteiger partial charge in [-0.3, -0.25) is 19.7 Å². The van der Waals surface area contributed by atoms with Crippen LogP contribution in [0, 0.1) is 0 Å². The second-order valence-corrected chi connectivity index (χ2v) is 8.71. The zero-order valence-electron chi connectivity index (χ0n) is 17.2. The normalized spacial score (nSPS) is 11.8. The van der Waals surface area contributed by atoms with E-state index < -0.39 is 40.3 Å². The molecule has 0 spiro atoms. The van der Waals surface area contributed by atoms with Crippen molar-refractivity contribution in [2.75, 3.05) is 11.9 Å². The van der Waals surface area contributed by atoms with E-state index in [4.69, 9.17) is 16.7 Å². The molecule has 0 atom stereocenters. The number of alkyl halides is 3. The van der Waals surface area contributed by atoms with Crippen molar-refractivity contribution in [1.29, 1.82) is 0 Å². The monoisotopic (exact) mass is 492 g/mol. The Morgan fingerprint density at radius 3 is 2.38 bits per heavy atom. The molecule has 0 aliphatic heterocycles. The van der Waals surface area contributed by atoms with Crippen molar-refractivity contribution in [3.05, 3.63) is 45.3 Å². The fourth-order valence-corrected chi connectivity index (χ4v) is 3.66. The molecule has 0 saturated carbocycles. The van der Waals surface area contributed by atoms with Gasteiger partial charge in [0.2, 0.25) is 5.91 Å². The van der Waals surface area contributed by atoms with Crippen LogP contribution in [0.3, 0.4) is 0 Å². The summed E-state index contributed by atoms with van der Waals surface area (Å²) in [6.07, 6.45) is -4.36.